The Morgan fingerprint density at radius 2 is 1.41 bits per heavy atom. The molecule has 0 aliphatic carbocycles. The van der Waals surface area contributed by atoms with Gasteiger partial charge < -0.3 is 10.1 Å². The van der Waals surface area contributed by atoms with E-state index < -0.39 is 22.0 Å². The lowest BCUT2D eigenvalue weighted by molar-refractivity contribution is -0.118. The van der Waals surface area contributed by atoms with Crippen molar-refractivity contribution in [2.24, 2.45) is 5.92 Å². The maximum Gasteiger partial charge on any atom is 0.242 e. The SMILES string of the molecule is COc1ccc(NC(=O)[C@@H](NS(=O)(=O)c2ccc(-c3ccc(F)cc3)cc2)C(C)C)cc1. The van der Waals surface area contributed by atoms with Crippen molar-refractivity contribution in [3.8, 4) is 16.9 Å². The Balaban J connectivity index is 1.75. The van der Waals surface area contributed by atoms with Crippen LogP contribution in [-0.2, 0) is 14.8 Å². The molecule has 3 aromatic rings. The summed E-state index contributed by atoms with van der Waals surface area (Å²) in [5, 5.41) is 2.73. The third-order valence-electron chi connectivity index (χ3n) is 4.93. The zero-order valence-corrected chi connectivity index (χ0v) is 18.8. The minimum absolute atomic E-state index is 0.0336. The predicted molar refractivity (Wildman–Crippen MR) is 122 cm³/mol. The Morgan fingerprint density at radius 1 is 0.875 bits per heavy atom. The molecule has 0 heterocycles. The topological polar surface area (TPSA) is 84.5 Å². The van der Waals surface area contributed by atoms with Crippen LogP contribution in [-0.4, -0.2) is 27.5 Å². The summed E-state index contributed by atoms with van der Waals surface area (Å²) in [4.78, 5) is 12.8. The summed E-state index contributed by atoms with van der Waals surface area (Å²) >= 11 is 0. The number of hydrogen-bond acceptors (Lipinski definition) is 4. The largest absolute Gasteiger partial charge is 0.497 e. The van der Waals surface area contributed by atoms with Crippen molar-refractivity contribution >= 4 is 21.6 Å². The lowest BCUT2D eigenvalue weighted by Gasteiger charge is -2.22. The van der Waals surface area contributed by atoms with Gasteiger partial charge in [-0.05, 0) is 65.6 Å². The van der Waals surface area contributed by atoms with Crippen molar-refractivity contribution in [1.82, 2.24) is 4.72 Å². The molecule has 0 radical (unpaired) electrons. The van der Waals surface area contributed by atoms with Crippen LogP contribution in [0.15, 0.2) is 77.7 Å². The summed E-state index contributed by atoms with van der Waals surface area (Å²) in [6, 6.07) is 17.9. The number of halogens is 1. The lowest BCUT2D eigenvalue weighted by atomic mass is 10.0. The maximum atomic E-state index is 13.1. The van der Waals surface area contributed by atoms with Crippen LogP contribution in [0.2, 0.25) is 0 Å². The molecule has 2 N–H and O–H groups in total. The van der Waals surface area contributed by atoms with E-state index in [2.05, 4.69) is 10.0 Å². The first kappa shape index (κ1) is 23.4. The zero-order chi connectivity index (χ0) is 23.3. The van der Waals surface area contributed by atoms with Crippen LogP contribution in [0.25, 0.3) is 11.1 Å². The van der Waals surface area contributed by atoms with Crippen molar-refractivity contribution in [3.05, 3.63) is 78.6 Å². The Kier molecular flexibility index (Phi) is 7.27. The molecule has 1 amide bonds. The predicted octanol–water partition coefficient (Wildman–Crippen LogP) is 4.44. The Labute approximate surface area is 187 Å². The van der Waals surface area contributed by atoms with E-state index in [0.29, 0.717) is 11.4 Å². The van der Waals surface area contributed by atoms with Gasteiger partial charge in [-0.1, -0.05) is 38.1 Å². The van der Waals surface area contributed by atoms with Gasteiger partial charge in [0.15, 0.2) is 0 Å². The second kappa shape index (κ2) is 9.93. The number of carbonyl (C=O) groups excluding carboxylic acids is 1. The fourth-order valence-electron chi connectivity index (χ4n) is 3.09. The van der Waals surface area contributed by atoms with E-state index in [-0.39, 0.29) is 16.6 Å². The fourth-order valence-corrected chi connectivity index (χ4v) is 4.43. The Bertz CT molecular complexity index is 1160. The summed E-state index contributed by atoms with van der Waals surface area (Å²) in [6.07, 6.45) is 0. The van der Waals surface area contributed by atoms with Crippen LogP contribution in [0.3, 0.4) is 0 Å². The van der Waals surface area contributed by atoms with Crippen LogP contribution < -0.4 is 14.8 Å². The van der Waals surface area contributed by atoms with Crippen LogP contribution in [0.4, 0.5) is 10.1 Å². The molecule has 32 heavy (non-hydrogen) atoms. The number of ether oxygens (including phenoxy) is 1. The molecule has 0 aromatic heterocycles. The number of hydrogen-bond donors (Lipinski definition) is 2. The molecule has 0 aliphatic rings. The molecule has 8 heteroatoms. The van der Waals surface area contributed by atoms with Gasteiger partial charge in [-0.15, -0.1) is 0 Å². The number of benzene rings is 3. The lowest BCUT2D eigenvalue weighted by Crippen LogP contribution is -2.47. The molecule has 3 aromatic carbocycles. The number of carbonyl (C=O) groups is 1. The molecule has 168 valence electrons. The molecule has 0 unspecified atom stereocenters. The Morgan fingerprint density at radius 3 is 1.91 bits per heavy atom. The van der Waals surface area contributed by atoms with E-state index in [4.69, 9.17) is 4.74 Å². The van der Waals surface area contributed by atoms with E-state index in [9.17, 15) is 17.6 Å². The maximum absolute atomic E-state index is 13.1. The van der Waals surface area contributed by atoms with Crippen LogP contribution >= 0.6 is 0 Å². The molecule has 0 spiro atoms. The van der Waals surface area contributed by atoms with Crippen LogP contribution in [0.1, 0.15) is 13.8 Å². The van der Waals surface area contributed by atoms with Gasteiger partial charge in [0.25, 0.3) is 0 Å². The van der Waals surface area contributed by atoms with Gasteiger partial charge in [-0.2, -0.15) is 4.72 Å². The first-order valence-corrected chi connectivity index (χ1v) is 11.5. The number of sulfonamides is 1. The Hall–Kier alpha value is -3.23. The van der Waals surface area contributed by atoms with E-state index in [0.717, 1.165) is 11.1 Å². The van der Waals surface area contributed by atoms with Crippen molar-refractivity contribution in [2.75, 3.05) is 12.4 Å². The summed E-state index contributed by atoms with van der Waals surface area (Å²) in [7, 11) is -2.40. The van der Waals surface area contributed by atoms with Gasteiger partial charge in [-0.3, -0.25) is 4.79 Å². The molecule has 0 aliphatic heterocycles. The highest BCUT2D eigenvalue weighted by molar-refractivity contribution is 7.89. The summed E-state index contributed by atoms with van der Waals surface area (Å²) in [5.74, 6) is -0.448. The highest BCUT2D eigenvalue weighted by Gasteiger charge is 2.28. The van der Waals surface area contributed by atoms with Crippen LogP contribution in [0, 0.1) is 11.7 Å². The molecule has 0 saturated heterocycles. The van der Waals surface area contributed by atoms with Gasteiger partial charge in [0.05, 0.1) is 12.0 Å². The third kappa shape index (κ3) is 5.72. The van der Waals surface area contributed by atoms with Gasteiger partial charge in [0, 0.05) is 5.69 Å². The molecule has 6 nitrogen and oxygen atoms in total. The smallest absolute Gasteiger partial charge is 0.242 e. The van der Waals surface area contributed by atoms with Crippen molar-refractivity contribution in [2.45, 2.75) is 24.8 Å². The normalized spacial score (nSPS) is 12.4. The molecule has 0 saturated carbocycles. The molecular formula is C24H25FN2O4S. The molecular weight excluding hydrogens is 431 g/mol. The van der Waals surface area contributed by atoms with Gasteiger partial charge in [0.1, 0.15) is 17.6 Å². The van der Waals surface area contributed by atoms with E-state index in [1.807, 2.05) is 0 Å². The average molecular weight is 457 g/mol. The summed E-state index contributed by atoms with van der Waals surface area (Å²) < 4.78 is 46.6. The average Bonchev–Trinajstić information content (AvgIpc) is 2.78. The van der Waals surface area contributed by atoms with Crippen molar-refractivity contribution in [1.29, 1.82) is 0 Å². The van der Waals surface area contributed by atoms with Crippen molar-refractivity contribution in [3.63, 3.8) is 0 Å². The monoisotopic (exact) mass is 456 g/mol. The standard InChI is InChI=1S/C24H25FN2O4S/c1-16(2)23(24(28)26-20-10-12-21(31-3)13-11-20)27-32(29,30)22-14-6-18(7-15-22)17-4-8-19(25)9-5-17/h4-16,23,27H,1-3H3,(H,26,28)/t23-/m0/s1. The van der Waals surface area contributed by atoms with Gasteiger partial charge in [-0.25, -0.2) is 12.8 Å². The van der Waals surface area contributed by atoms with Gasteiger partial charge in [0.2, 0.25) is 15.9 Å². The highest BCUT2D eigenvalue weighted by Crippen LogP contribution is 2.22. The van der Waals surface area contributed by atoms with Crippen molar-refractivity contribution < 1.29 is 22.3 Å². The van der Waals surface area contributed by atoms with E-state index >= 15 is 0 Å². The van der Waals surface area contributed by atoms with Gasteiger partial charge >= 0.3 is 0 Å². The quantitative estimate of drug-likeness (QED) is 0.525. The number of amides is 1. The second-order valence-electron chi connectivity index (χ2n) is 7.59. The highest BCUT2D eigenvalue weighted by atomic mass is 32.2. The minimum Gasteiger partial charge on any atom is -0.497 e. The minimum atomic E-state index is -3.95. The van der Waals surface area contributed by atoms with E-state index in [1.54, 1.807) is 69.5 Å². The van der Waals surface area contributed by atoms with E-state index in [1.165, 1.54) is 24.3 Å². The zero-order valence-electron chi connectivity index (χ0n) is 18.0. The van der Waals surface area contributed by atoms with Crippen LogP contribution in [0.5, 0.6) is 5.75 Å². The first-order chi connectivity index (χ1) is 15.2. The number of nitrogens with one attached hydrogen (secondary N) is 2. The number of rotatable bonds is 8. The first-order valence-electron chi connectivity index (χ1n) is 10.0. The summed E-state index contributed by atoms with van der Waals surface area (Å²) in [6.45, 7) is 3.52. The molecule has 0 bridgehead atoms. The molecule has 1 atom stereocenters. The summed E-state index contributed by atoms with van der Waals surface area (Å²) in [5.41, 5.74) is 2.05. The molecule has 0 fully saturated rings. The number of methoxy groups -OCH3 is 1. The third-order valence-corrected chi connectivity index (χ3v) is 6.39. The number of anilines is 1. The second-order valence-corrected chi connectivity index (χ2v) is 9.31. The molecule has 3 rings (SSSR count). The fraction of sp³-hybridized carbons (Fsp3) is 0.208.